The molecule has 0 fully saturated rings. The minimum absolute atomic E-state index is 0.366. The molecule has 4 heteroatoms. The van der Waals surface area contributed by atoms with Crippen molar-refractivity contribution in [3.8, 4) is 11.3 Å². The fourth-order valence-electron chi connectivity index (χ4n) is 3.18. The zero-order chi connectivity index (χ0) is 17.7. The summed E-state index contributed by atoms with van der Waals surface area (Å²) < 4.78 is 2.29. The molecule has 0 saturated heterocycles. The molecule has 0 aliphatic carbocycles. The number of nitrogens with zero attached hydrogens (tertiary/aromatic N) is 2. The van der Waals surface area contributed by atoms with Crippen LogP contribution in [0.1, 0.15) is 61.8 Å². The molecule has 24 heavy (non-hydrogen) atoms. The van der Waals surface area contributed by atoms with Gasteiger partial charge in [-0.15, -0.1) is 0 Å². The van der Waals surface area contributed by atoms with Gasteiger partial charge < -0.3 is 10.3 Å². The van der Waals surface area contributed by atoms with Crippen LogP contribution in [0.2, 0.25) is 0 Å². The molecular formula is C20H29N3O. The maximum absolute atomic E-state index is 12.2. The quantitative estimate of drug-likeness (QED) is 0.783. The minimum atomic E-state index is -0.366. The molecule has 2 aromatic heterocycles. The Labute approximate surface area is 145 Å². The number of pyridine rings is 1. The van der Waals surface area contributed by atoms with Crippen molar-refractivity contribution in [2.45, 2.75) is 59.9 Å². The number of aromatic nitrogens is 2. The van der Waals surface area contributed by atoms with Crippen molar-refractivity contribution >= 4 is 5.91 Å². The summed E-state index contributed by atoms with van der Waals surface area (Å²) in [7, 11) is 0. The highest BCUT2D eigenvalue weighted by Crippen LogP contribution is 2.33. The average molecular weight is 327 g/mol. The maximum Gasteiger partial charge on any atom is 0.251 e. The number of nitrogens with two attached hydrogens (primary N) is 1. The summed E-state index contributed by atoms with van der Waals surface area (Å²) in [6.07, 6.45) is 5.98. The molecule has 0 saturated carbocycles. The molecule has 2 heterocycles. The van der Waals surface area contributed by atoms with E-state index in [1.165, 1.54) is 5.69 Å². The predicted octanol–water partition coefficient (Wildman–Crippen LogP) is 4.35. The van der Waals surface area contributed by atoms with Gasteiger partial charge in [0, 0.05) is 29.7 Å². The molecule has 0 aliphatic rings. The first-order chi connectivity index (χ1) is 11.5. The molecular weight excluding hydrogens is 298 g/mol. The van der Waals surface area contributed by atoms with E-state index in [0.717, 1.165) is 49.2 Å². The molecule has 2 rings (SSSR count). The molecule has 0 unspecified atom stereocenters. The molecule has 1 amide bonds. The molecule has 0 spiro atoms. The highest BCUT2D eigenvalue weighted by Gasteiger charge is 2.25. The Morgan fingerprint density at radius 1 is 1.33 bits per heavy atom. The first kappa shape index (κ1) is 18.2. The van der Waals surface area contributed by atoms with Gasteiger partial charge >= 0.3 is 0 Å². The maximum atomic E-state index is 12.2. The number of hydrogen-bond acceptors (Lipinski definition) is 2. The van der Waals surface area contributed by atoms with E-state index in [9.17, 15) is 4.79 Å². The van der Waals surface area contributed by atoms with Crippen molar-refractivity contribution in [3.05, 3.63) is 41.3 Å². The molecule has 0 atom stereocenters. The summed E-state index contributed by atoms with van der Waals surface area (Å²) in [6.45, 7) is 9.54. The second-order valence-electron chi connectivity index (χ2n) is 6.80. The van der Waals surface area contributed by atoms with Crippen LogP contribution in [0.3, 0.4) is 0 Å². The van der Waals surface area contributed by atoms with E-state index >= 15 is 0 Å². The molecule has 4 nitrogen and oxygen atoms in total. The Bertz CT molecular complexity index is 687. The van der Waals surface area contributed by atoms with Crippen molar-refractivity contribution in [1.29, 1.82) is 0 Å². The summed E-state index contributed by atoms with van der Waals surface area (Å²) in [4.78, 5) is 16.7. The van der Waals surface area contributed by atoms with Gasteiger partial charge in [-0.1, -0.05) is 33.3 Å². The standard InChI is InChI=1S/C20H29N3O/c1-5-6-10-17-19(16-9-7-8-12-22-16)18(20(21)24)15(4)23(17)13-11-14(2)3/h7-9,12,14H,5-6,10-11,13H2,1-4H3,(H2,21,24). The number of hydrogen-bond donors (Lipinski definition) is 1. The van der Waals surface area contributed by atoms with Crippen LogP contribution in [0.4, 0.5) is 0 Å². The zero-order valence-corrected chi connectivity index (χ0v) is 15.3. The van der Waals surface area contributed by atoms with Crippen molar-refractivity contribution in [2.75, 3.05) is 0 Å². The molecule has 0 aliphatic heterocycles. The van der Waals surface area contributed by atoms with Crippen LogP contribution in [-0.2, 0) is 13.0 Å². The number of amides is 1. The predicted molar refractivity (Wildman–Crippen MR) is 99.0 cm³/mol. The lowest BCUT2D eigenvalue weighted by Crippen LogP contribution is -2.14. The first-order valence-electron chi connectivity index (χ1n) is 8.90. The lowest BCUT2D eigenvalue weighted by atomic mass is 10.0. The van der Waals surface area contributed by atoms with Crippen molar-refractivity contribution in [3.63, 3.8) is 0 Å². The van der Waals surface area contributed by atoms with Crippen LogP contribution in [0.15, 0.2) is 24.4 Å². The largest absolute Gasteiger partial charge is 0.366 e. The van der Waals surface area contributed by atoms with Gasteiger partial charge in [-0.3, -0.25) is 9.78 Å². The van der Waals surface area contributed by atoms with Crippen molar-refractivity contribution in [2.24, 2.45) is 11.7 Å². The van der Waals surface area contributed by atoms with Gasteiger partial charge in [-0.05, 0) is 44.2 Å². The van der Waals surface area contributed by atoms with Crippen LogP contribution >= 0.6 is 0 Å². The second kappa shape index (κ2) is 8.13. The smallest absolute Gasteiger partial charge is 0.251 e. The van der Waals surface area contributed by atoms with Gasteiger partial charge in [0.25, 0.3) is 5.91 Å². The van der Waals surface area contributed by atoms with E-state index in [0.29, 0.717) is 11.5 Å². The SMILES string of the molecule is CCCCc1c(-c2ccccn2)c(C(N)=O)c(C)n1CCC(C)C. The van der Waals surface area contributed by atoms with E-state index < -0.39 is 0 Å². The fourth-order valence-corrected chi connectivity index (χ4v) is 3.18. The van der Waals surface area contributed by atoms with Crippen molar-refractivity contribution < 1.29 is 4.79 Å². The topological polar surface area (TPSA) is 60.9 Å². The summed E-state index contributed by atoms with van der Waals surface area (Å²) in [5.74, 6) is 0.246. The summed E-state index contributed by atoms with van der Waals surface area (Å²) in [6, 6.07) is 5.81. The van der Waals surface area contributed by atoms with Crippen LogP contribution in [0, 0.1) is 12.8 Å². The summed E-state index contributed by atoms with van der Waals surface area (Å²) >= 11 is 0. The van der Waals surface area contributed by atoms with Gasteiger partial charge in [-0.25, -0.2) is 0 Å². The molecule has 2 aromatic rings. The van der Waals surface area contributed by atoms with E-state index in [2.05, 4.69) is 30.3 Å². The van der Waals surface area contributed by atoms with Crippen molar-refractivity contribution in [1.82, 2.24) is 9.55 Å². The van der Waals surface area contributed by atoms with Gasteiger partial charge in [0.15, 0.2) is 0 Å². The lowest BCUT2D eigenvalue weighted by molar-refractivity contribution is 0.1000. The Morgan fingerprint density at radius 2 is 2.08 bits per heavy atom. The van der Waals surface area contributed by atoms with E-state index in [4.69, 9.17) is 5.73 Å². The highest BCUT2D eigenvalue weighted by atomic mass is 16.1. The fraction of sp³-hybridized carbons (Fsp3) is 0.500. The summed E-state index contributed by atoms with van der Waals surface area (Å²) in [5.41, 5.74) is 10.3. The molecule has 130 valence electrons. The summed E-state index contributed by atoms with van der Waals surface area (Å²) in [5, 5.41) is 0. The third-order valence-corrected chi connectivity index (χ3v) is 4.50. The number of primary amides is 1. The first-order valence-corrected chi connectivity index (χ1v) is 8.90. The Morgan fingerprint density at radius 3 is 2.62 bits per heavy atom. The zero-order valence-electron chi connectivity index (χ0n) is 15.3. The normalized spacial score (nSPS) is 11.2. The Kier molecular flexibility index (Phi) is 6.18. The molecule has 0 bridgehead atoms. The second-order valence-corrected chi connectivity index (χ2v) is 6.80. The molecule has 2 N–H and O–H groups in total. The molecule has 0 radical (unpaired) electrons. The van der Waals surface area contributed by atoms with Gasteiger partial charge in [-0.2, -0.15) is 0 Å². The van der Waals surface area contributed by atoms with E-state index in [1.807, 2.05) is 25.1 Å². The van der Waals surface area contributed by atoms with Gasteiger partial charge in [0.1, 0.15) is 0 Å². The van der Waals surface area contributed by atoms with E-state index in [-0.39, 0.29) is 5.91 Å². The van der Waals surface area contributed by atoms with Gasteiger partial charge in [0.2, 0.25) is 0 Å². The van der Waals surface area contributed by atoms with Crippen LogP contribution < -0.4 is 5.73 Å². The average Bonchev–Trinajstić information content (AvgIpc) is 2.83. The van der Waals surface area contributed by atoms with Crippen LogP contribution in [-0.4, -0.2) is 15.5 Å². The van der Waals surface area contributed by atoms with E-state index in [1.54, 1.807) is 6.20 Å². The lowest BCUT2D eigenvalue weighted by Gasteiger charge is -2.14. The molecule has 0 aromatic carbocycles. The number of carbonyl (C=O) groups excluding carboxylic acids is 1. The van der Waals surface area contributed by atoms with Gasteiger partial charge in [0.05, 0.1) is 11.3 Å². The third-order valence-electron chi connectivity index (χ3n) is 4.50. The number of unbranched alkanes of at least 4 members (excludes halogenated alkanes) is 1. The number of carbonyl (C=O) groups is 1. The minimum Gasteiger partial charge on any atom is -0.366 e. The highest BCUT2D eigenvalue weighted by molar-refractivity contribution is 6.01. The third kappa shape index (κ3) is 3.86. The van der Waals surface area contributed by atoms with Crippen LogP contribution in [0.25, 0.3) is 11.3 Å². The Hall–Kier alpha value is -2.10. The Balaban J connectivity index is 2.64. The number of rotatable bonds is 8. The van der Waals surface area contributed by atoms with Crippen LogP contribution in [0.5, 0.6) is 0 Å². The monoisotopic (exact) mass is 327 g/mol.